The van der Waals surface area contributed by atoms with Crippen molar-refractivity contribution in [1.29, 1.82) is 0 Å². The molecular formula is C13H13F2NO2. The van der Waals surface area contributed by atoms with Crippen molar-refractivity contribution in [3.05, 3.63) is 35.9 Å². The highest BCUT2D eigenvalue weighted by Gasteiger charge is 2.62. The summed E-state index contributed by atoms with van der Waals surface area (Å²) < 4.78 is 30.9. The lowest BCUT2D eigenvalue weighted by Crippen LogP contribution is -2.35. The van der Waals surface area contributed by atoms with Crippen molar-refractivity contribution in [3.8, 4) is 0 Å². The monoisotopic (exact) mass is 253 g/mol. The topological polar surface area (TPSA) is 38.3 Å². The molecule has 1 aliphatic carbocycles. The predicted molar refractivity (Wildman–Crippen MR) is 60.1 cm³/mol. The van der Waals surface area contributed by atoms with Gasteiger partial charge in [-0.15, -0.1) is 0 Å². The van der Waals surface area contributed by atoms with Gasteiger partial charge in [-0.1, -0.05) is 30.3 Å². The molecule has 0 amide bonds. The molecule has 96 valence electrons. The van der Waals surface area contributed by atoms with Gasteiger partial charge in [0.2, 0.25) is 0 Å². The Kier molecular flexibility index (Phi) is 2.68. The van der Waals surface area contributed by atoms with Gasteiger partial charge in [0, 0.05) is 6.42 Å². The Morgan fingerprint density at radius 2 is 2.00 bits per heavy atom. The molecule has 1 aromatic rings. The number of nitrogens with one attached hydrogen (secondary N) is 1. The summed E-state index contributed by atoms with van der Waals surface area (Å²) in [6, 6.07) is 9.40. The second-order valence-electron chi connectivity index (χ2n) is 4.76. The summed E-state index contributed by atoms with van der Waals surface area (Å²) in [5.41, 5.74) is 0.996. The normalized spacial score (nSPS) is 33.3. The summed E-state index contributed by atoms with van der Waals surface area (Å²) in [6.07, 6.45) is -1.24. The van der Waals surface area contributed by atoms with Gasteiger partial charge in [0.1, 0.15) is 0 Å². The zero-order valence-electron chi connectivity index (χ0n) is 9.61. The highest BCUT2D eigenvalue weighted by molar-refractivity contribution is 5.88. The van der Waals surface area contributed by atoms with Crippen LogP contribution in [0.25, 0.3) is 0 Å². The summed E-state index contributed by atoms with van der Waals surface area (Å²) >= 11 is 0. The van der Waals surface area contributed by atoms with Crippen LogP contribution < -0.4 is 5.32 Å². The Bertz CT molecular complexity index is 463. The van der Waals surface area contributed by atoms with Gasteiger partial charge in [-0.2, -0.15) is 0 Å². The largest absolute Gasteiger partial charge is 0.354 e. The number of hydrogen-bond donors (Lipinski definition) is 1. The van der Waals surface area contributed by atoms with Crippen LogP contribution >= 0.6 is 0 Å². The molecule has 2 unspecified atom stereocenters. The number of hydrogen-bond acceptors (Lipinski definition) is 3. The number of rotatable bonds is 3. The van der Waals surface area contributed by atoms with Gasteiger partial charge >= 0.3 is 0 Å². The van der Waals surface area contributed by atoms with Crippen molar-refractivity contribution in [2.45, 2.75) is 24.6 Å². The van der Waals surface area contributed by atoms with Crippen LogP contribution in [0.4, 0.5) is 8.78 Å². The van der Waals surface area contributed by atoms with E-state index in [4.69, 9.17) is 4.74 Å². The van der Waals surface area contributed by atoms with E-state index >= 15 is 0 Å². The summed E-state index contributed by atoms with van der Waals surface area (Å²) in [7, 11) is 0. The molecule has 1 aliphatic heterocycles. The first-order chi connectivity index (χ1) is 8.58. The lowest BCUT2D eigenvalue weighted by atomic mass is 10.1. The second-order valence-corrected chi connectivity index (χ2v) is 4.76. The van der Waals surface area contributed by atoms with Crippen LogP contribution in [0, 0.1) is 5.92 Å². The van der Waals surface area contributed by atoms with Crippen LogP contribution in [-0.4, -0.2) is 24.5 Å². The molecule has 0 aromatic heterocycles. The molecule has 0 spiro atoms. The fourth-order valence-electron chi connectivity index (χ4n) is 2.22. The Morgan fingerprint density at radius 1 is 1.33 bits per heavy atom. The first-order valence-electron chi connectivity index (χ1n) is 5.92. The lowest BCUT2D eigenvalue weighted by Gasteiger charge is -2.11. The van der Waals surface area contributed by atoms with Gasteiger partial charge in [0.15, 0.2) is 12.0 Å². The maximum Gasteiger partial charge on any atom is 0.259 e. The molecule has 1 aromatic carbocycles. The minimum atomic E-state index is -2.83. The van der Waals surface area contributed by atoms with Gasteiger partial charge in [0.25, 0.3) is 5.92 Å². The summed E-state index contributed by atoms with van der Waals surface area (Å²) in [5, 5.41) is 2.96. The van der Waals surface area contributed by atoms with Crippen LogP contribution in [0.2, 0.25) is 0 Å². The van der Waals surface area contributed by atoms with E-state index < -0.39 is 23.9 Å². The third-order valence-electron chi connectivity index (χ3n) is 3.41. The molecule has 3 nitrogen and oxygen atoms in total. The molecule has 1 saturated carbocycles. The van der Waals surface area contributed by atoms with Crippen molar-refractivity contribution < 1.29 is 18.3 Å². The molecule has 1 N–H and O–H groups in total. The Balaban J connectivity index is 1.64. The number of carbonyl (C=O) groups is 1. The maximum absolute atomic E-state index is 12.8. The number of alkyl halides is 2. The van der Waals surface area contributed by atoms with Crippen molar-refractivity contribution in [1.82, 2.24) is 5.32 Å². The van der Waals surface area contributed by atoms with Crippen LogP contribution in [0.3, 0.4) is 0 Å². The van der Waals surface area contributed by atoms with Crippen LogP contribution in [0.1, 0.15) is 18.0 Å². The lowest BCUT2D eigenvalue weighted by molar-refractivity contribution is -0.132. The van der Waals surface area contributed by atoms with E-state index in [1.54, 1.807) is 0 Å². The SMILES string of the molecule is O=C(C1NC(c2ccccc2)CO1)[C@H]1CC1(F)F. The second kappa shape index (κ2) is 4.10. The van der Waals surface area contributed by atoms with Crippen LogP contribution in [0.5, 0.6) is 0 Å². The molecule has 18 heavy (non-hydrogen) atoms. The van der Waals surface area contributed by atoms with Gasteiger partial charge in [-0.05, 0) is 5.56 Å². The fourth-order valence-corrected chi connectivity index (χ4v) is 2.22. The highest BCUT2D eigenvalue weighted by Crippen LogP contribution is 2.49. The van der Waals surface area contributed by atoms with E-state index in [2.05, 4.69) is 5.32 Å². The first-order valence-corrected chi connectivity index (χ1v) is 5.92. The van der Waals surface area contributed by atoms with Gasteiger partial charge in [-0.25, -0.2) is 8.78 Å². The zero-order chi connectivity index (χ0) is 12.8. The van der Waals surface area contributed by atoms with E-state index in [1.165, 1.54) is 0 Å². The average molecular weight is 253 g/mol. The van der Waals surface area contributed by atoms with Gasteiger partial charge in [-0.3, -0.25) is 10.1 Å². The number of ether oxygens (including phenoxy) is 1. The summed E-state index contributed by atoms with van der Waals surface area (Å²) in [5.74, 6) is -4.52. The van der Waals surface area contributed by atoms with E-state index in [-0.39, 0.29) is 12.5 Å². The smallest absolute Gasteiger partial charge is 0.259 e. The van der Waals surface area contributed by atoms with Crippen molar-refractivity contribution >= 4 is 5.78 Å². The predicted octanol–water partition coefficient (Wildman–Crippen LogP) is 1.90. The Morgan fingerprint density at radius 3 is 2.61 bits per heavy atom. The number of halogens is 2. The number of carbonyl (C=O) groups excluding carboxylic acids is 1. The standard InChI is InChI=1S/C13H13F2NO2/c14-13(15)6-9(13)11(17)12-16-10(7-18-12)8-4-2-1-3-5-8/h1-5,9-10,12,16H,6-7H2/t9-,10?,12?/m1/s1. The molecule has 3 atom stereocenters. The maximum atomic E-state index is 12.8. The molecular weight excluding hydrogens is 240 g/mol. The van der Waals surface area contributed by atoms with E-state index in [9.17, 15) is 13.6 Å². The molecule has 1 saturated heterocycles. The van der Waals surface area contributed by atoms with Crippen molar-refractivity contribution in [2.75, 3.05) is 6.61 Å². The minimum absolute atomic E-state index is 0.104. The van der Waals surface area contributed by atoms with Gasteiger partial charge < -0.3 is 4.74 Å². The quantitative estimate of drug-likeness (QED) is 0.894. The van der Waals surface area contributed by atoms with E-state index in [1.807, 2.05) is 30.3 Å². The van der Waals surface area contributed by atoms with E-state index in [0.29, 0.717) is 6.61 Å². The van der Waals surface area contributed by atoms with Crippen molar-refractivity contribution in [2.24, 2.45) is 5.92 Å². The summed E-state index contributed by atoms with van der Waals surface area (Å²) in [6.45, 7) is 0.332. The molecule has 2 aliphatic rings. The van der Waals surface area contributed by atoms with Crippen molar-refractivity contribution in [3.63, 3.8) is 0 Å². The third-order valence-corrected chi connectivity index (χ3v) is 3.41. The van der Waals surface area contributed by atoms with Gasteiger partial charge in [0.05, 0.1) is 18.6 Å². The first kappa shape index (κ1) is 11.7. The molecule has 0 radical (unpaired) electrons. The summed E-state index contributed by atoms with van der Waals surface area (Å²) in [4.78, 5) is 11.7. The Labute approximate surface area is 103 Å². The number of ketones is 1. The number of benzene rings is 1. The molecule has 2 fully saturated rings. The third kappa shape index (κ3) is 2.04. The minimum Gasteiger partial charge on any atom is -0.354 e. The van der Waals surface area contributed by atoms with Crippen LogP contribution in [0.15, 0.2) is 30.3 Å². The molecule has 3 rings (SSSR count). The highest BCUT2D eigenvalue weighted by atomic mass is 19.3. The van der Waals surface area contributed by atoms with Crippen LogP contribution in [-0.2, 0) is 9.53 Å². The average Bonchev–Trinajstić information content (AvgIpc) is 2.81. The molecule has 5 heteroatoms. The molecule has 0 bridgehead atoms. The fraction of sp³-hybridized carbons (Fsp3) is 0.462. The Hall–Kier alpha value is -1.33. The van der Waals surface area contributed by atoms with E-state index in [0.717, 1.165) is 5.56 Å². The number of Topliss-reactive ketones (excluding diaryl/α,β-unsaturated/α-hetero) is 1. The zero-order valence-corrected chi connectivity index (χ0v) is 9.61. The molecule has 1 heterocycles.